The van der Waals surface area contributed by atoms with Gasteiger partial charge in [0, 0.05) is 10.5 Å². The third kappa shape index (κ3) is 2.30. The number of benzene rings is 3. The highest BCUT2D eigenvalue weighted by Gasteiger charge is 2.10. The molecule has 3 aromatic carbocycles. The predicted octanol–water partition coefficient (Wildman–Crippen LogP) is 4.89. The summed E-state index contributed by atoms with van der Waals surface area (Å²) < 4.78 is 0. The van der Waals surface area contributed by atoms with Crippen molar-refractivity contribution in [3.8, 4) is 22.3 Å². The Morgan fingerprint density at radius 2 is 1.05 bits per heavy atom. The summed E-state index contributed by atoms with van der Waals surface area (Å²) in [5.41, 5.74) is 11.3. The van der Waals surface area contributed by atoms with Crippen molar-refractivity contribution in [3.63, 3.8) is 0 Å². The quantitative estimate of drug-likeness (QED) is 0.506. The number of hydrogen-bond acceptors (Lipinski definition) is 2. The molecule has 3 rings (SSSR count). The molecule has 0 aliphatic heterocycles. The molecular weight excluding hydrogens is 262 g/mol. The van der Waals surface area contributed by atoms with Crippen molar-refractivity contribution in [1.82, 2.24) is 0 Å². The van der Waals surface area contributed by atoms with Gasteiger partial charge in [-0.05, 0) is 16.7 Å². The highest BCUT2D eigenvalue weighted by atomic mass is 32.1. The van der Waals surface area contributed by atoms with Crippen molar-refractivity contribution in [2.45, 2.75) is 4.90 Å². The van der Waals surface area contributed by atoms with Crippen LogP contribution in [0.15, 0.2) is 77.7 Å². The summed E-state index contributed by atoms with van der Waals surface area (Å²) >= 11 is 4.62. The lowest BCUT2D eigenvalue weighted by Gasteiger charge is -2.13. The average Bonchev–Trinajstić information content (AvgIpc) is 2.52. The number of hydrogen-bond donors (Lipinski definition) is 2. The van der Waals surface area contributed by atoms with E-state index in [2.05, 4.69) is 49.0 Å². The topological polar surface area (TPSA) is 26.0 Å². The molecule has 0 unspecified atom stereocenters. The Balaban J connectivity index is 2.13. The van der Waals surface area contributed by atoms with E-state index >= 15 is 0 Å². The van der Waals surface area contributed by atoms with Gasteiger partial charge in [0.25, 0.3) is 0 Å². The molecule has 2 heteroatoms. The Hall–Kier alpha value is -2.19. The minimum atomic E-state index is 0.723. The van der Waals surface area contributed by atoms with E-state index in [-0.39, 0.29) is 0 Å². The minimum absolute atomic E-state index is 0.723. The zero-order chi connectivity index (χ0) is 13.9. The van der Waals surface area contributed by atoms with Crippen LogP contribution in [-0.4, -0.2) is 0 Å². The average molecular weight is 277 g/mol. The van der Waals surface area contributed by atoms with Gasteiger partial charge in [0.05, 0.1) is 5.69 Å². The Bertz CT molecular complexity index is 657. The molecule has 3 aromatic rings. The molecule has 0 saturated carbocycles. The zero-order valence-corrected chi connectivity index (χ0v) is 11.8. The maximum absolute atomic E-state index is 6.28. The first-order chi connectivity index (χ1) is 9.77. The SMILES string of the molecule is Nc1c(-c2ccccc2)ccc(-c2ccccc2)c1S. The monoisotopic (exact) mass is 277 g/mol. The molecule has 98 valence electrons. The van der Waals surface area contributed by atoms with Crippen LogP contribution in [0.2, 0.25) is 0 Å². The smallest absolute Gasteiger partial charge is 0.0535 e. The summed E-state index contributed by atoms with van der Waals surface area (Å²) in [6.45, 7) is 0. The highest BCUT2D eigenvalue weighted by molar-refractivity contribution is 7.80. The van der Waals surface area contributed by atoms with Crippen molar-refractivity contribution < 1.29 is 0 Å². The van der Waals surface area contributed by atoms with E-state index in [0.29, 0.717) is 0 Å². The summed E-state index contributed by atoms with van der Waals surface area (Å²) in [7, 11) is 0. The summed E-state index contributed by atoms with van der Waals surface area (Å²) in [6, 6.07) is 24.4. The maximum Gasteiger partial charge on any atom is 0.0535 e. The van der Waals surface area contributed by atoms with E-state index in [1.807, 2.05) is 36.4 Å². The van der Waals surface area contributed by atoms with Crippen LogP contribution in [0.3, 0.4) is 0 Å². The van der Waals surface area contributed by atoms with Gasteiger partial charge in [-0.1, -0.05) is 72.8 Å². The molecule has 0 radical (unpaired) electrons. The molecule has 20 heavy (non-hydrogen) atoms. The first kappa shape index (κ1) is 12.8. The molecule has 0 spiro atoms. The van der Waals surface area contributed by atoms with Crippen LogP contribution in [0.25, 0.3) is 22.3 Å². The fourth-order valence-electron chi connectivity index (χ4n) is 2.33. The Morgan fingerprint density at radius 3 is 1.60 bits per heavy atom. The van der Waals surface area contributed by atoms with E-state index in [1.54, 1.807) is 0 Å². The molecule has 0 heterocycles. The summed E-state index contributed by atoms with van der Waals surface area (Å²) in [5.74, 6) is 0. The van der Waals surface area contributed by atoms with Crippen LogP contribution in [0.1, 0.15) is 0 Å². The zero-order valence-electron chi connectivity index (χ0n) is 11.0. The third-order valence-corrected chi connectivity index (χ3v) is 3.87. The minimum Gasteiger partial charge on any atom is -0.397 e. The van der Waals surface area contributed by atoms with Crippen LogP contribution >= 0.6 is 12.6 Å². The third-order valence-electron chi connectivity index (χ3n) is 3.39. The van der Waals surface area contributed by atoms with Crippen molar-refractivity contribution in [3.05, 3.63) is 72.8 Å². The lowest BCUT2D eigenvalue weighted by molar-refractivity contribution is 1.45. The molecular formula is C18H15NS. The van der Waals surface area contributed by atoms with Gasteiger partial charge in [0.2, 0.25) is 0 Å². The molecule has 0 fully saturated rings. The van der Waals surface area contributed by atoms with Crippen LogP contribution in [0.5, 0.6) is 0 Å². The highest BCUT2D eigenvalue weighted by Crippen LogP contribution is 2.37. The second-order valence-corrected chi connectivity index (χ2v) is 5.10. The lowest BCUT2D eigenvalue weighted by atomic mass is 9.98. The Kier molecular flexibility index (Phi) is 3.48. The van der Waals surface area contributed by atoms with Gasteiger partial charge in [-0.25, -0.2) is 0 Å². The van der Waals surface area contributed by atoms with Gasteiger partial charge in [0.1, 0.15) is 0 Å². The summed E-state index contributed by atoms with van der Waals surface area (Å²) in [5, 5.41) is 0. The first-order valence-electron chi connectivity index (χ1n) is 6.49. The second-order valence-electron chi connectivity index (χ2n) is 4.66. The van der Waals surface area contributed by atoms with E-state index in [9.17, 15) is 0 Å². The molecule has 2 N–H and O–H groups in total. The van der Waals surface area contributed by atoms with Crippen LogP contribution in [-0.2, 0) is 0 Å². The molecule has 0 saturated heterocycles. The standard InChI is InChI=1S/C18H15NS/c19-17-15(13-7-3-1-4-8-13)11-12-16(18(17)20)14-9-5-2-6-10-14/h1-12,20H,19H2. The predicted molar refractivity (Wildman–Crippen MR) is 89.0 cm³/mol. The molecule has 0 atom stereocenters. The van der Waals surface area contributed by atoms with Crippen LogP contribution in [0, 0.1) is 0 Å². The number of thiol groups is 1. The molecule has 0 amide bonds. The van der Waals surface area contributed by atoms with Crippen molar-refractivity contribution in [1.29, 1.82) is 0 Å². The normalized spacial score (nSPS) is 10.4. The Labute approximate surface area is 124 Å². The van der Waals surface area contributed by atoms with E-state index in [1.165, 1.54) is 0 Å². The second kappa shape index (κ2) is 5.43. The van der Waals surface area contributed by atoms with Gasteiger partial charge < -0.3 is 5.73 Å². The number of rotatable bonds is 2. The van der Waals surface area contributed by atoms with Gasteiger partial charge >= 0.3 is 0 Å². The van der Waals surface area contributed by atoms with Crippen molar-refractivity contribution >= 4 is 18.3 Å². The van der Waals surface area contributed by atoms with Crippen molar-refractivity contribution in [2.75, 3.05) is 5.73 Å². The fraction of sp³-hybridized carbons (Fsp3) is 0. The molecule has 0 aromatic heterocycles. The molecule has 0 aliphatic carbocycles. The fourth-order valence-corrected chi connectivity index (χ4v) is 2.65. The Morgan fingerprint density at radius 1 is 0.600 bits per heavy atom. The number of anilines is 1. The number of nitrogens with two attached hydrogens (primary N) is 1. The van der Waals surface area contributed by atoms with Gasteiger partial charge in [-0.15, -0.1) is 12.6 Å². The van der Waals surface area contributed by atoms with E-state index in [4.69, 9.17) is 5.73 Å². The first-order valence-corrected chi connectivity index (χ1v) is 6.94. The van der Waals surface area contributed by atoms with Crippen LogP contribution < -0.4 is 5.73 Å². The number of nitrogen functional groups attached to an aromatic ring is 1. The molecule has 0 aliphatic rings. The van der Waals surface area contributed by atoms with Gasteiger partial charge in [0.15, 0.2) is 0 Å². The van der Waals surface area contributed by atoms with Crippen LogP contribution in [0.4, 0.5) is 5.69 Å². The van der Waals surface area contributed by atoms with Gasteiger partial charge in [-0.2, -0.15) is 0 Å². The van der Waals surface area contributed by atoms with E-state index in [0.717, 1.165) is 32.8 Å². The van der Waals surface area contributed by atoms with E-state index < -0.39 is 0 Å². The maximum atomic E-state index is 6.28. The molecule has 0 bridgehead atoms. The summed E-state index contributed by atoms with van der Waals surface area (Å²) in [6.07, 6.45) is 0. The largest absolute Gasteiger partial charge is 0.397 e. The summed E-state index contributed by atoms with van der Waals surface area (Å²) in [4.78, 5) is 0.831. The van der Waals surface area contributed by atoms with Crippen molar-refractivity contribution in [2.24, 2.45) is 0 Å². The molecule has 1 nitrogen and oxygen atoms in total. The van der Waals surface area contributed by atoms with Gasteiger partial charge in [-0.3, -0.25) is 0 Å². The lowest BCUT2D eigenvalue weighted by Crippen LogP contribution is -1.94.